The summed E-state index contributed by atoms with van der Waals surface area (Å²) in [6.07, 6.45) is 6.69. The van der Waals surface area contributed by atoms with Gasteiger partial charge in [-0.25, -0.2) is 13.4 Å². The summed E-state index contributed by atoms with van der Waals surface area (Å²) in [4.78, 5) is 23.5. The third-order valence-electron chi connectivity index (χ3n) is 6.22. The van der Waals surface area contributed by atoms with Gasteiger partial charge in [0.2, 0.25) is 16.0 Å². The zero-order valence-electron chi connectivity index (χ0n) is 18.2. The topological polar surface area (TPSA) is 121 Å². The van der Waals surface area contributed by atoms with E-state index in [0.29, 0.717) is 30.3 Å². The van der Waals surface area contributed by atoms with E-state index in [9.17, 15) is 18.3 Å². The molecule has 10 nitrogen and oxygen atoms in total. The highest BCUT2D eigenvalue weighted by Gasteiger charge is 2.32. The highest BCUT2D eigenvalue weighted by atomic mass is 32.2. The molecule has 2 aromatic heterocycles. The minimum Gasteiger partial charge on any atom is -0.390 e. The van der Waals surface area contributed by atoms with Gasteiger partial charge in [-0.15, -0.1) is 0 Å². The molecule has 1 aliphatic carbocycles. The number of amides is 1. The van der Waals surface area contributed by atoms with Gasteiger partial charge in [-0.2, -0.15) is 9.29 Å². The molecule has 2 aromatic rings. The Morgan fingerprint density at radius 2 is 1.97 bits per heavy atom. The molecule has 0 aromatic carbocycles. The summed E-state index contributed by atoms with van der Waals surface area (Å²) in [7, 11) is 0.140. The molecule has 1 aliphatic heterocycles. The van der Waals surface area contributed by atoms with Crippen LogP contribution in [0.4, 0.5) is 5.95 Å². The van der Waals surface area contributed by atoms with Crippen molar-refractivity contribution in [2.75, 3.05) is 38.8 Å². The van der Waals surface area contributed by atoms with E-state index in [1.165, 1.54) is 4.31 Å². The largest absolute Gasteiger partial charge is 0.390 e. The van der Waals surface area contributed by atoms with Crippen molar-refractivity contribution in [3.63, 3.8) is 0 Å². The Morgan fingerprint density at radius 1 is 1.26 bits per heavy atom. The average Bonchev–Trinajstić information content (AvgIpc) is 3.35. The summed E-state index contributed by atoms with van der Waals surface area (Å²) in [5.41, 5.74) is 1.32. The quantitative estimate of drug-likeness (QED) is 0.699. The van der Waals surface area contributed by atoms with Crippen molar-refractivity contribution in [1.82, 2.24) is 23.7 Å². The number of piperidine rings is 1. The maximum atomic E-state index is 12.8. The molecule has 0 unspecified atom stereocenters. The lowest BCUT2D eigenvalue weighted by Gasteiger charge is -2.34. The molecule has 1 saturated carbocycles. The second kappa shape index (κ2) is 8.36. The molecule has 3 heterocycles. The van der Waals surface area contributed by atoms with Gasteiger partial charge in [0, 0.05) is 44.8 Å². The second-order valence-electron chi connectivity index (χ2n) is 8.74. The summed E-state index contributed by atoms with van der Waals surface area (Å²) < 4.78 is 26.8. The van der Waals surface area contributed by atoms with E-state index >= 15 is 0 Å². The van der Waals surface area contributed by atoms with Crippen molar-refractivity contribution >= 4 is 32.9 Å². The number of aromatic nitrogens is 3. The van der Waals surface area contributed by atoms with Gasteiger partial charge in [0.1, 0.15) is 11.3 Å². The molecule has 0 spiro atoms. The number of β-amino-alcohol motifs (C(OH)–C–C–N with tert-alkyl or cyclic N) is 1. The van der Waals surface area contributed by atoms with Crippen molar-refractivity contribution in [3.8, 4) is 0 Å². The summed E-state index contributed by atoms with van der Waals surface area (Å²) in [6, 6.07) is 1.72. The maximum absolute atomic E-state index is 12.8. The van der Waals surface area contributed by atoms with Gasteiger partial charge >= 0.3 is 0 Å². The van der Waals surface area contributed by atoms with Crippen molar-refractivity contribution in [1.29, 1.82) is 0 Å². The van der Waals surface area contributed by atoms with Gasteiger partial charge in [-0.05, 0) is 25.3 Å². The maximum Gasteiger partial charge on any atom is 0.270 e. The predicted molar refractivity (Wildman–Crippen MR) is 118 cm³/mol. The molecule has 11 heteroatoms. The number of aliphatic hydroxyl groups is 1. The van der Waals surface area contributed by atoms with Crippen LogP contribution in [0.15, 0.2) is 12.3 Å². The minimum absolute atomic E-state index is 0.0404. The normalized spacial score (nSPS) is 23.4. The van der Waals surface area contributed by atoms with Crippen LogP contribution in [0.2, 0.25) is 0 Å². The van der Waals surface area contributed by atoms with Gasteiger partial charge in [-0.1, -0.05) is 12.8 Å². The molecule has 2 N–H and O–H groups in total. The summed E-state index contributed by atoms with van der Waals surface area (Å²) in [6.45, 7) is 0.369. The summed E-state index contributed by atoms with van der Waals surface area (Å²) in [5, 5.41) is 14.4. The number of aliphatic hydroxyl groups excluding tert-OH is 1. The molecular weight excluding hydrogens is 420 g/mol. The van der Waals surface area contributed by atoms with E-state index < -0.39 is 16.1 Å². The molecule has 1 amide bonds. The lowest BCUT2D eigenvalue weighted by Crippen LogP contribution is -2.51. The summed E-state index contributed by atoms with van der Waals surface area (Å²) >= 11 is 0. The van der Waals surface area contributed by atoms with Crippen LogP contribution in [-0.2, 0) is 10.0 Å². The third kappa shape index (κ3) is 4.39. The van der Waals surface area contributed by atoms with Crippen LogP contribution < -0.4 is 5.32 Å². The fourth-order valence-corrected chi connectivity index (χ4v) is 5.40. The van der Waals surface area contributed by atoms with Crippen LogP contribution >= 0.6 is 0 Å². The Hall–Kier alpha value is -2.24. The van der Waals surface area contributed by atoms with E-state index in [1.54, 1.807) is 25.2 Å². The lowest BCUT2D eigenvalue weighted by atomic mass is 10.0. The fraction of sp³-hybridized carbons (Fsp3) is 0.650. The Balaban J connectivity index is 1.63. The third-order valence-corrected chi connectivity index (χ3v) is 7.49. The number of hydrogen-bond acceptors (Lipinski definition) is 7. The van der Waals surface area contributed by atoms with E-state index in [-0.39, 0.29) is 24.5 Å². The zero-order valence-corrected chi connectivity index (χ0v) is 19.0. The summed E-state index contributed by atoms with van der Waals surface area (Å²) in [5.74, 6) is 0.300. The molecule has 2 aliphatic rings. The molecule has 2 atom stereocenters. The SMILES string of the molecule is CN(C)C(=O)c1cc2cnc(N[C@@H]3CCN(S(C)(=O)=O)C[C@H]3O)nc2n1C1CCCC1. The molecule has 2 fully saturated rings. The second-order valence-corrected chi connectivity index (χ2v) is 10.7. The van der Waals surface area contributed by atoms with Crippen molar-refractivity contribution < 1.29 is 18.3 Å². The zero-order chi connectivity index (χ0) is 22.3. The Bertz CT molecular complexity index is 1080. The monoisotopic (exact) mass is 450 g/mol. The first kappa shape index (κ1) is 22.0. The average molecular weight is 451 g/mol. The van der Waals surface area contributed by atoms with Crippen LogP contribution in [-0.4, -0.2) is 88.8 Å². The van der Waals surface area contributed by atoms with Crippen LogP contribution in [0, 0.1) is 0 Å². The Kier molecular flexibility index (Phi) is 5.93. The number of rotatable bonds is 5. The van der Waals surface area contributed by atoms with E-state index in [2.05, 4.69) is 10.3 Å². The fourth-order valence-electron chi connectivity index (χ4n) is 4.54. The number of carbonyl (C=O) groups excluding carboxylic acids is 1. The van der Waals surface area contributed by atoms with Crippen LogP contribution in [0.3, 0.4) is 0 Å². The highest BCUT2D eigenvalue weighted by molar-refractivity contribution is 7.88. The number of hydrogen-bond donors (Lipinski definition) is 2. The number of anilines is 1. The smallest absolute Gasteiger partial charge is 0.270 e. The van der Waals surface area contributed by atoms with Gasteiger partial charge in [0.25, 0.3) is 5.91 Å². The number of nitrogens with zero attached hydrogens (tertiary/aromatic N) is 5. The first-order valence-corrected chi connectivity index (χ1v) is 12.5. The number of carbonyl (C=O) groups is 1. The van der Waals surface area contributed by atoms with E-state index in [1.807, 2.05) is 10.6 Å². The molecule has 31 heavy (non-hydrogen) atoms. The first-order chi connectivity index (χ1) is 14.6. The lowest BCUT2D eigenvalue weighted by molar-refractivity contribution is 0.0815. The van der Waals surface area contributed by atoms with Gasteiger partial charge < -0.3 is 19.9 Å². The number of fused-ring (bicyclic) bond motifs is 1. The van der Waals surface area contributed by atoms with Crippen LogP contribution in [0.25, 0.3) is 11.0 Å². The van der Waals surface area contributed by atoms with Crippen LogP contribution in [0.1, 0.15) is 48.6 Å². The Labute approximate surface area is 182 Å². The molecule has 1 saturated heterocycles. The standard InChI is InChI=1S/C20H30N6O4S/c1-24(2)19(28)16-10-13-11-21-20(23-18(13)26(16)14-6-4-5-7-14)22-15-8-9-25(12-17(15)27)31(3,29)30/h10-11,14-15,17,27H,4-9,12H2,1-3H3,(H,21,22,23)/t15-,17-/m1/s1. The molecule has 0 radical (unpaired) electrons. The number of nitrogens with one attached hydrogen (secondary N) is 1. The highest BCUT2D eigenvalue weighted by Crippen LogP contribution is 2.34. The van der Waals surface area contributed by atoms with Crippen molar-refractivity contribution in [2.24, 2.45) is 0 Å². The van der Waals surface area contributed by atoms with Crippen molar-refractivity contribution in [2.45, 2.75) is 50.3 Å². The molecular formula is C20H30N6O4S. The first-order valence-electron chi connectivity index (χ1n) is 10.6. The Morgan fingerprint density at radius 3 is 2.58 bits per heavy atom. The van der Waals surface area contributed by atoms with Gasteiger partial charge in [0.15, 0.2) is 0 Å². The molecule has 0 bridgehead atoms. The number of sulfonamides is 1. The van der Waals surface area contributed by atoms with Gasteiger partial charge in [-0.3, -0.25) is 4.79 Å². The predicted octanol–water partition coefficient (Wildman–Crippen LogP) is 1.05. The van der Waals surface area contributed by atoms with E-state index in [0.717, 1.165) is 37.3 Å². The van der Waals surface area contributed by atoms with Crippen LogP contribution in [0.5, 0.6) is 0 Å². The minimum atomic E-state index is -3.34. The van der Waals surface area contributed by atoms with Crippen molar-refractivity contribution in [3.05, 3.63) is 18.0 Å². The molecule has 170 valence electrons. The van der Waals surface area contributed by atoms with E-state index in [4.69, 9.17) is 4.98 Å². The molecule has 4 rings (SSSR count). The van der Waals surface area contributed by atoms with Gasteiger partial charge in [0.05, 0.1) is 18.4 Å².